The van der Waals surface area contributed by atoms with E-state index in [2.05, 4.69) is 23.5 Å². The normalized spacial score (nSPS) is 16.3. The number of fused-ring (bicyclic) bond motifs is 1. The lowest BCUT2D eigenvalue weighted by Gasteiger charge is -2.28. The number of carbonyl (C=O) groups excluding carboxylic acids is 1. The molecule has 0 unspecified atom stereocenters. The van der Waals surface area contributed by atoms with Crippen molar-refractivity contribution in [3.05, 3.63) is 72.0 Å². The number of nitrogens with one attached hydrogen (secondary N) is 1. The Balaban J connectivity index is 1.53. The van der Waals surface area contributed by atoms with E-state index in [1.165, 1.54) is 0 Å². The van der Waals surface area contributed by atoms with Gasteiger partial charge in [-0.15, -0.1) is 0 Å². The summed E-state index contributed by atoms with van der Waals surface area (Å²) < 4.78 is 5.37. The summed E-state index contributed by atoms with van der Waals surface area (Å²) in [6, 6.07) is 18.2. The number of carbonyl (C=O) groups is 1. The van der Waals surface area contributed by atoms with Gasteiger partial charge in [0.1, 0.15) is 5.58 Å². The predicted octanol–water partition coefficient (Wildman–Crippen LogP) is 4.56. The minimum absolute atomic E-state index is 0.151. The first-order valence-corrected chi connectivity index (χ1v) is 8.58. The lowest BCUT2D eigenvalue weighted by atomic mass is 9.78. The van der Waals surface area contributed by atoms with Crippen molar-refractivity contribution < 1.29 is 9.21 Å². The van der Waals surface area contributed by atoms with Crippen LogP contribution in [-0.4, -0.2) is 5.91 Å². The van der Waals surface area contributed by atoms with Gasteiger partial charge in [-0.3, -0.25) is 4.79 Å². The average Bonchev–Trinajstić information content (AvgIpc) is 3.30. The van der Waals surface area contributed by atoms with E-state index >= 15 is 0 Å². The monoisotopic (exact) mass is 319 g/mol. The van der Waals surface area contributed by atoms with Gasteiger partial charge in [0.25, 0.3) is 0 Å². The van der Waals surface area contributed by atoms with Crippen LogP contribution in [0.4, 0.5) is 0 Å². The van der Waals surface area contributed by atoms with Gasteiger partial charge in [0, 0.05) is 11.9 Å². The number of benzene rings is 2. The number of rotatable bonds is 4. The molecule has 1 saturated carbocycles. The highest BCUT2D eigenvalue weighted by Crippen LogP contribution is 2.41. The molecule has 0 bridgehead atoms. The Labute approximate surface area is 141 Å². The van der Waals surface area contributed by atoms with Crippen LogP contribution >= 0.6 is 0 Å². The highest BCUT2D eigenvalue weighted by atomic mass is 16.3. The summed E-state index contributed by atoms with van der Waals surface area (Å²) in [7, 11) is 0. The zero-order valence-electron chi connectivity index (χ0n) is 13.6. The van der Waals surface area contributed by atoms with E-state index in [9.17, 15) is 4.79 Å². The molecule has 0 saturated heterocycles. The Bertz CT molecular complexity index is 844. The van der Waals surface area contributed by atoms with E-state index < -0.39 is 0 Å². The van der Waals surface area contributed by atoms with E-state index in [-0.39, 0.29) is 11.3 Å². The molecule has 0 radical (unpaired) electrons. The van der Waals surface area contributed by atoms with Gasteiger partial charge in [-0.2, -0.15) is 0 Å². The largest absolute Gasteiger partial charge is 0.464 e. The standard InChI is InChI=1S/C21H21NO2/c23-20(21(11-4-5-12-21)18-6-2-1-3-7-18)22-15-16-8-9-19-17(14-16)10-13-24-19/h1-3,6-10,13-14H,4-5,11-12,15H2,(H,22,23). The zero-order valence-corrected chi connectivity index (χ0v) is 13.6. The second-order valence-electron chi connectivity index (χ2n) is 6.63. The number of hydrogen-bond acceptors (Lipinski definition) is 2. The summed E-state index contributed by atoms with van der Waals surface area (Å²) >= 11 is 0. The second kappa shape index (κ2) is 6.16. The van der Waals surface area contributed by atoms with Crippen LogP contribution in [0.2, 0.25) is 0 Å². The fraction of sp³-hybridized carbons (Fsp3) is 0.286. The lowest BCUT2D eigenvalue weighted by molar-refractivity contribution is -0.126. The van der Waals surface area contributed by atoms with Crippen LogP contribution in [0.25, 0.3) is 11.0 Å². The van der Waals surface area contributed by atoms with Crippen LogP contribution < -0.4 is 5.32 Å². The molecule has 1 aromatic heterocycles. The SMILES string of the molecule is O=C(NCc1ccc2occc2c1)C1(c2ccccc2)CCCC1. The minimum Gasteiger partial charge on any atom is -0.464 e. The molecule has 1 N–H and O–H groups in total. The summed E-state index contributed by atoms with van der Waals surface area (Å²) in [5.74, 6) is 0.151. The topological polar surface area (TPSA) is 42.2 Å². The Kier molecular flexibility index (Phi) is 3.85. The maximum Gasteiger partial charge on any atom is 0.230 e. The molecule has 1 aliphatic carbocycles. The van der Waals surface area contributed by atoms with Crippen molar-refractivity contribution in [3.8, 4) is 0 Å². The molecule has 122 valence electrons. The Hall–Kier alpha value is -2.55. The molecule has 1 fully saturated rings. The van der Waals surface area contributed by atoms with Crippen molar-refractivity contribution in [1.29, 1.82) is 0 Å². The summed E-state index contributed by atoms with van der Waals surface area (Å²) in [4.78, 5) is 13.0. The third kappa shape index (κ3) is 2.60. The van der Waals surface area contributed by atoms with Crippen LogP contribution in [-0.2, 0) is 16.8 Å². The molecule has 4 rings (SSSR count). The molecule has 1 aliphatic rings. The molecule has 24 heavy (non-hydrogen) atoms. The average molecular weight is 319 g/mol. The van der Waals surface area contributed by atoms with Crippen molar-refractivity contribution >= 4 is 16.9 Å². The Morgan fingerprint density at radius 2 is 1.83 bits per heavy atom. The predicted molar refractivity (Wildman–Crippen MR) is 94.6 cm³/mol. The van der Waals surface area contributed by atoms with Gasteiger partial charge < -0.3 is 9.73 Å². The van der Waals surface area contributed by atoms with Crippen LogP contribution in [0.15, 0.2) is 65.3 Å². The van der Waals surface area contributed by atoms with Gasteiger partial charge in [0.2, 0.25) is 5.91 Å². The third-order valence-electron chi connectivity index (χ3n) is 5.19. The third-order valence-corrected chi connectivity index (χ3v) is 5.19. The highest BCUT2D eigenvalue weighted by molar-refractivity contribution is 5.88. The summed E-state index contributed by atoms with van der Waals surface area (Å²) in [6.45, 7) is 0.550. The second-order valence-corrected chi connectivity index (χ2v) is 6.63. The first-order chi connectivity index (χ1) is 11.8. The van der Waals surface area contributed by atoms with E-state index in [0.717, 1.165) is 47.8 Å². The van der Waals surface area contributed by atoms with Crippen LogP contribution in [0.5, 0.6) is 0 Å². The van der Waals surface area contributed by atoms with E-state index in [1.54, 1.807) is 6.26 Å². The molecule has 1 amide bonds. The molecular formula is C21H21NO2. The smallest absolute Gasteiger partial charge is 0.230 e. The molecule has 3 nitrogen and oxygen atoms in total. The molecule has 0 spiro atoms. The maximum absolute atomic E-state index is 13.0. The maximum atomic E-state index is 13.0. The molecule has 1 heterocycles. The Morgan fingerprint density at radius 3 is 2.62 bits per heavy atom. The van der Waals surface area contributed by atoms with Gasteiger partial charge in [-0.25, -0.2) is 0 Å². The summed E-state index contributed by atoms with van der Waals surface area (Å²) in [6.07, 6.45) is 5.79. The summed E-state index contributed by atoms with van der Waals surface area (Å²) in [5, 5.41) is 4.24. The van der Waals surface area contributed by atoms with Crippen molar-refractivity contribution in [2.45, 2.75) is 37.6 Å². The molecular weight excluding hydrogens is 298 g/mol. The molecule has 0 aliphatic heterocycles. The van der Waals surface area contributed by atoms with Gasteiger partial charge in [-0.1, -0.05) is 49.2 Å². The van der Waals surface area contributed by atoms with E-state index in [1.807, 2.05) is 36.4 Å². The van der Waals surface area contributed by atoms with Gasteiger partial charge >= 0.3 is 0 Å². The van der Waals surface area contributed by atoms with Crippen LogP contribution in [0.1, 0.15) is 36.8 Å². The zero-order chi connectivity index (χ0) is 16.4. The van der Waals surface area contributed by atoms with E-state index in [0.29, 0.717) is 6.54 Å². The first-order valence-electron chi connectivity index (χ1n) is 8.58. The van der Waals surface area contributed by atoms with E-state index in [4.69, 9.17) is 4.42 Å². The lowest BCUT2D eigenvalue weighted by Crippen LogP contribution is -2.42. The minimum atomic E-state index is -0.360. The number of furan rings is 1. The highest BCUT2D eigenvalue weighted by Gasteiger charge is 2.42. The number of hydrogen-bond donors (Lipinski definition) is 1. The van der Waals surface area contributed by atoms with Crippen molar-refractivity contribution in [2.75, 3.05) is 0 Å². The van der Waals surface area contributed by atoms with Crippen molar-refractivity contribution in [1.82, 2.24) is 5.32 Å². The fourth-order valence-corrected chi connectivity index (χ4v) is 3.86. The van der Waals surface area contributed by atoms with Gasteiger partial charge in [0.15, 0.2) is 0 Å². The summed E-state index contributed by atoms with van der Waals surface area (Å²) in [5.41, 5.74) is 2.76. The fourth-order valence-electron chi connectivity index (χ4n) is 3.86. The van der Waals surface area contributed by atoms with Crippen molar-refractivity contribution in [2.24, 2.45) is 0 Å². The van der Waals surface area contributed by atoms with Gasteiger partial charge in [0.05, 0.1) is 11.7 Å². The van der Waals surface area contributed by atoms with Crippen LogP contribution in [0.3, 0.4) is 0 Å². The molecule has 2 aromatic carbocycles. The molecule has 0 atom stereocenters. The molecule has 3 aromatic rings. The van der Waals surface area contributed by atoms with Crippen LogP contribution in [0, 0.1) is 0 Å². The van der Waals surface area contributed by atoms with Crippen molar-refractivity contribution in [3.63, 3.8) is 0 Å². The first kappa shape index (κ1) is 15.0. The number of amides is 1. The Morgan fingerprint density at radius 1 is 1.04 bits per heavy atom. The molecule has 3 heteroatoms. The van der Waals surface area contributed by atoms with Gasteiger partial charge in [-0.05, 0) is 42.2 Å². The quantitative estimate of drug-likeness (QED) is 0.766.